The van der Waals surface area contributed by atoms with Gasteiger partial charge < -0.3 is 15.4 Å². The van der Waals surface area contributed by atoms with Crippen molar-refractivity contribution in [1.82, 2.24) is 9.97 Å². The van der Waals surface area contributed by atoms with Gasteiger partial charge in [-0.2, -0.15) is 0 Å². The highest BCUT2D eigenvalue weighted by Crippen LogP contribution is 2.28. The van der Waals surface area contributed by atoms with E-state index in [0.717, 1.165) is 5.56 Å². The highest BCUT2D eigenvalue weighted by molar-refractivity contribution is 6.31. The van der Waals surface area contributed by atoms with Gasteiger partial charge in [0.05, 0.1) is 12.8 Å². The average molecular weight is 383 g/mol. The van der Waals surface area contributed by atoms with Gasteiger partial charge in [-0.15, -0.1) is 0 Å². The van der Waals surface area contributed by atoms with Crippen molar-refractivity contribution in [3.8, 4) is 5.75 Å². The number of benzene rings is 2. The second-order valence-corrected chi connectivity index (χ2v) is 6.30. The molecule has 7 heteroatoms. The van der Waals surface area contributed by atoms with E-state index in [1.54, 1.807) is 24.3 Å². The van der Waals surface area contributed by atoms with E-state index in [9.17, 15) is 4.79 Å². The smallest absolute Gasteiger partial charge is 0.274 e. The molecular formula is C20H19ClN4O2. The van der Waals surface area contributed by atoms with E-state index in [4.69, 9.17) is 16.3 Å². The monoisotopic (exact) mass is 382 g/mol. The van der Waals surface area contributed by atoms with E-state index in [1.165, 1.54) is 19.0 Å². The van der Waals surface area contributed by atoms with Gasteiger partial charge in [-0.3, -0.25) is 4.79 Å². The van der Waals surface area contributed by atoms with Crippen LogP contribution in [0.15, 0.2) is 54.9 Å². The lowest BCUT2D eigenvalue weighted by Gasteiger charge is -2.11. The number of nitrogens with one attached hydrogen (secondary N) is 2. The van der Waals surface area contributed by atoms with Gasteiger partial charge in [-0.25, -0.2) is 9.97 Å². The van der Waals surface area contributed by atoms with Crippen LogP contribution in [0.25, 0.3) is 0 Å². The minimum absolute atomic E-state index is 0.235. The second-order valence-electron chi connectivity index (χ2n) is 5.87. The van der Waals surface area contributed by atoms with Crippen molar-refractivity contribution in [3.63, 3.8) is 0 Å². The number of carbonyl (C=O) groups is 1. The molecule has 0 saturated heterocycles. The van der Waals surface area contributed by atoms with Crippen LogP contribution in [0.5, 0.6) is 5.75 Å². The summed E-state index contributed by atoms with van der Waals surface area (Å²) in [5, 5.41) is 6.47. The summed E-state index contributed by atoms with van der Waals surface area (Å²) in [6.45, 7) is 2.65. The minimum Gasteiger partial charge on any atom is -0.495 e. The largest absolute Gasteiger partial charge is 0.495 e. The molecular weight excluding hydrogens is 364 g/mol. The Morgan fingerprint density at radius 3 is 2.74 bits per heavy atom. The molecule has 0 bridgehead atoms. The number of amides is 1. The number of hydrogen-bond donors (Lipinski definition) is 2. The van der Waals surface area contributed by atoms with E-state index in [0.29, 0.717) is 28.8 Å². The van der Waals surface area contributed by atoms with Crippen LogP contribution >= 0.6 is 11.6 Å². The summed E-state index contributed by atoms with van der Waals surface area (Å²) in [4.78, 5) is 20.8. The Balaban J connectivity index is 1.72. The predicted molar refractivity (Wildman–Crippen MR) is 106 cm³/mol. The Hall–Kier alpha value is -3.12. The van der Waals surface area contributed by atoms with Gasteiger partial charge in [0.25, 0.3) is 5.91 Å². The summed E-state index contributed by atoms with van der Waals surface area (Å²) in [6, 6.07) is 14.7. The number of carbonyl (C=O) groups excluding carboxylic acids is 1. The quantitative estimate of drug-likeness (QED) is 0.664. The first-order valence-electron chi connectivity index (χ1n) is 8.32. The van der Waals surface area contributed by atoms with Crippen molar-refractivity contribution in [2.24, 2.45) is 0 Å². The summed E-state index contributed by atoms with van der Waals surface area (Å²) in [6.07, 6.45) is 1.35. The molecule has 1 amide bonds. The van der Waals surface area contributed by atoms with Gasteiger partial charge in [0.1, 0.15) is 23.6 Å². The number of aromatic nitrogens is 2. The van der Waals surface area contributed by atoms with Crippen LogP contribution in [0.3, 0.4) is 0 Å². The number of hydrogen-bond acceptors (Lipinski definition) is 5. The van der Waals surface area contributed by atoms with E-state index in [2.05, 4.69) is 20.6 Å². The first-order chi connectivity index (χ1) is 13.1. The standard InChI is InChI=1S/C20H19ClN4O2/c1-13-5-3-4-6-14(13)11-22-19-10-17(23-12-24-19)20(26)25-16-9-15(21)7-8-18(16)27-2/h3-10,12H,11H2,1-2H3,(H,25,26)(H,22,23,24). The molecule has 2 N–H and O–H groups in total. The zero-order valence-electron chi connectivity index (χ0n) is 15.0. The van der Waals surface area contributed by atoms with Crippen LogP contribution in [-0.4, -0.2) is 23.0 Å². The van der Waals surface area contributed by atoms with Crippen molar-refractivity contribution in [2.45, 2.75) is 13.5 Å². The first kappa shape index (κ1) is 18.7. The fourth-order valence-corrected chi connectivity index (χ4v) is 2.71. The molecule has 0 aliphatic carbocycles. The summed E-state index contributed by atoms with van der Waals surface area (Å²) in [7, 11) is 1.52. The van der Waals surface area contributed by atoms with Crippen LogP contribution in [0.1, 0.15) is 21.6 Å². The number of aryl methyl sites for hydroxylation is 1. The minimum atomic E-state index is -0.378. The third-order valence-electron chi connectivity index (χ3n) is 4.03. The number of halogens is 1. The summed E-state index contributed by atoms with van der Waals surface area (Å²) < 4.78 is 5.24. The molecule has 6 nitrogen and oxygen atoms in total. The van der Waals surface area contributed by atoms with E-state index < -0.39 is 0 Å². The Morgan fingerprint density at radius 2 is 1.96 bits per heavy atom. The summed E-state index contributed by atoms with van der Waals surface area (Å²) in [5.41, 5.74) is 3.05. The zero-order chi connectivity index (χ0) is 19.2. The lowest BCUT2D eigenvalue weighted by Crippen LogP contribution is -2.15. The molecule has 2 aromatic carbocycles. The van der Waals surface area contributed by atoms with Gasteiger partial charge >= 0.3 is 0 Å². The SMILES string of the molecule is COc1ccc(Cl)cc1NC(=O)c1cc(NCc2ccccc2C)ncn1. The fourth-order valence-electron chi connectivity index (χ4n) is 2.54. The lowest BCUT2D eigenvalue weighted by atomic mass is 10.1. The molecule has 27 heavy (non-hydrogen) atoms. The van der Waals surface area contributed by atoms with Crippen LogP contribution in [-0.2, 0) is 6.54 Å². The fraction of sp³-hybridized carbons (Fsp3) is 0.150. The normalized spacial score (nSPS) is 10.3. The maximum atomic E-state index is 12.5. The van der Waals surface area contributed by atoms with Crippen molar-refractivity contribution in [2.75, 3.05) is 17.7 Å². The highest BCUT2D eigenvalue weighted by Gasteiger charge is 2.13. The van der Waals surface area contributed by atoms with Crippen LogP contribution in [0.2, 0.25) is 5.02 Å². The second kappa shape index (κ2) is 8.51. The van der Waals surface area contributed by atoms with Gasteiger partial charge in [0, 0.05) is 17.6 Å². The molecule has 0 radical (unpaired) electrons. The Kier molecular flexibility index (Phi) is 5.88. The van der Waals surface area contributed by atoms with Gasteiger partial charge in [-0.1, -0.05) is 35.9 Å². The molecule has 0 saturated carbocycles. The van der Waals surface area contributed by atoms with Crippen LogP contribution in [0, 0.1) is 6.92 Å². The van der Waals surface area contributed by atoms with Crippen LogP contribution < -0.4 is 15.4 Å². The predicted octanol–water partition coefficient (Wildman–Crippen LogP) is 4.31. The molecule has 0 atom stereocenters. The maximum absolute atomic E-state index is 12.5. The molecule has 1 aromatic heterocycles. The van der Waals surface area contributed by atoms with E-state index in [1.807, 2.05) is 31.2 Å². The maximum Gasteiger partial charge on any atom is 0.274 e. The number of nitrogens with zero attached hydrogens (tertiary/aromatic N) is 2. The van der Waals surface area contributed by atoms with Crippen molar-refractivity contribution < 1.29 is 9.53 Å². The topological polar surface area (TPSA) is 76.1 Å². The third kappa shape index (κ3) is 4.74. The Labute approximate surface area is 162 Å². The summed E-state index contributed by atoms with van der Waals surface area (Å²) in [5.74, 6) is 0.702. The van der Waals surface area contributed by atoms with Gasteiger partial charge in [0.2, 0.25) is 0 Å². The Morgan fingerprint density at radius 1 is 1.15 bits per heavy atom. The number of ether oxygens (including phenoxy) is 1. The average Bonchev–Trinajstić information content (AvgIpc) is 2.68. The molecule has 0 unspecified atom stereocenters. The molecule has 0 fully saturated rings. The molecule has 0 aliphatic rings. The van der Waals surface area contributed by atoms with E-state index >= 15 is 0 Å². The van der Waals surface area contributed by atoms with Crippen molar-refractivity contribution in [3.05, 3.63) is 76.7 Å². The number of rotatable bonds is 6. The lowest BCUT2D eigenvalue weighted by molar-refractivity contribution is 0.102. The molecule has 3 rings (SSSR count). The van der Waals surface area contributed by atoms with Crippen LogP contribution in [0.4, 0.5) is 11.5 Å². The molecule has 0 aliphatic heterocycles. The van der Waals surface area contributed by atoms with Gasteiger partial charge in [0.15, 0.2) is 0 Å². The molecule has 0 spiro atoms. The van der Waals surface area contributed by atoms with Gasteiger partial charge in [-0.05, 0) is 36.2 Å². The summed E-state index contributed by atoms with van der Waals surface area (Å²) >= 11 is 6.00. The Bertz CT molecular complexity index is 962. The van der Waals surface area contributed by atoms with Crippen molar-refractivity contribution in [1.29, 1.82) is 0 Å². The first-order valence-corrected chi connectivity index (χ1v) is 8.70. The number of methoxy groups -OCH3 is 1. The molecule has 1 heterocycles. The van der Waals surface area contributed by atoms with Crippen molar-refractivity contribution >= 4 is 29.0 Å². The molecule has 3 aromatic rings. The van der Waals surface area contributed by atoms with E-state index in [-0.39, 0.29) is 11.6 Å². The highest BCUT2D eigenvalue weighted by atomic mass is 35.5. The number of anilines is 2. The third-order valence-corrected chi connectivity index (χ3v) is 4.27. The zero-order valence-corrected chi connectivity index (χ0v) is 15.7. The molecule has 138 valence electrons.